The molecule has 0 bridgehead atoms. The molecule has 0 fully saturated rings. The maximum atomic E-state index is 8.59. The number of hydrogen-bond acceptors (Lipinski definition) is 4. The molecule has 4 nitrogen and oxygen atoms in total. The molecule has 0 amide bonds. The van der Waals surface area contributed by atoms with E-state index in [4.69, 9.17) is 20.5 Å². The molecular weight excluding hydrogens is 192 g/mol. The van der Waals surface area contributed by atoms with Gasteiger partial charge in [-0.1, -0.05) is 12.1 Å². The molecule has 1 unspecified atom stereocenters. The highest BCUT2D eigenvalue weighted by atomic mass is 16.5. The summed E-state index contributed by atoms with van der Waals surface area (Å²) in [7, 11) is 3.12. The predicted molar refractivity (Wildman–Crippen MR) is 56.7 cm³/mol. The summed E-state index contributed by atoms with van der Waals surface area (Å²) < 4.78 is 10.4. The monoisotopic (exact) mass is 206 g/mol. The molecule has 0 spiro atoms. The van der Waals surface area contributed by atoms with Gasteiger partial charge >= 0.3 is 0 Å². The Bertz CT molecular complexity index is 371. The molecule has 15 heavy (non-hydrogen) atoms. The van der Waals surface area contributed by atoms with E-state index in [9.17, 15) is 0 Å². The van der Waals surface area contributed by atoms with Gasteiger partial charge in [0, 0.05) is 11.6 Å². The summed E-state index contributed by atoms with van der Waals surface area (Å²) in [5, 5.41) is 8.59. The van der Waals surface area contributed by atoms with E-state index in [-0.39, 0.29) is 12.5 Å². The van der Waals surface area contributed by atoms with Gasteiger partial charge in [-0.3, -0.25) is 0 Å². The molecule has 0 aliphatic rings. The Hall–Kier alpha value is -1.73. The molecule has 0 saturated heterocycles. The zero-order valence-electron chi connectivity index (χ0n) is 8.86. The first-order valence-corrected chi connectivity index (χ1v) is 4.58. The number of para-hydroxylation sites is 1. The van der Waals surface area contributed by atoms with Crippen LogP contribution in [0.15, 0.2) is 18.2 Å². The molecule has 0 aromatic heterocycles. The number of ether oxygens (including phenoxy) is 2. The van der Waals surface area contributed by atoms with Crippen molar-refractivity contribution >= 4 is 0 Å². The van der Waals surface area contributed by atoms with Crippen LogP contribution >= 0.6 is 0 Å². The molecule has 0 radical (unpaired) electrons. The van der Waals surface area contributed by atoms with Crippen LogP contribution in [0.1, 0.15) is 18.0 Å². The largest absolute Gasteiger partial charge is 0.493 e. The molecule has 2 N–H and O–H groups in total. The van der Waals surface area contributed by atoms with Crippen LogP contribution in [0.2, 0.25) is 0 Å². The van der Waals surface area contributed by atoms with Gasteiger partial charge in [-0.15, -0.1) is 0 Å². The number of nitrogens with two attached hydrogens (primary N) is 1. The number of methoxy groups -OCH3 is 2. The summed E-state index contributed by atoms with van der Waals surface area (Å²) in [6.07, 6.45) is 0.253. The van der Waals surface area contributed by atoms with E-state index < -0.39 is 0 Å². The molecule has 4 heteroatoms. The predicted octanol–water partition coefficient (Wildman–Crippen LogP) is 1.62. The van der Waals surface area contributed by atoms with Crippen LogP contribution in [0.5, 0.6) is 11.5 Å². The third-order valence-electron chi connectivity index (χ3n) is 2.14. The Morgan fingerprint density at radius 2 is 2.13 bits per heavy atom. The zero-order chi connectivity index (χ0) is 11.3. The van der Waals surface area contributed by atoms with E-state index in [1.54, 1.807) is 20.3 Å². The first-order chi connectivity index (χ1) is 7.24. The highest BCUT2D eigenvalue weighted by molar-refractivity contribution is 5.48. The van der Waals surface area contributed by atoms with E-state index in [1.165, 1.54) is 0 Å². The van der Waals surface area contributed by atoms with Crippen LogP contribution in [0, 0.1) is 11.3 Å². The van der Waals surface area contributed by atoms with Gasteiger partial charge in [-0.2, -0.15) is 5.26 Å². The molecule has 0 aliphatic carbocycles. The third-order valence-corrected chi connectivity index (χ3v) is 2.14. The molecule has 1 aromatic carbocycles. The van der Waals surface area contributed by atoms with Gasteiger partial charge in [-0.25, -0.2) is 0 Å². The van der Waals surface area contributed by atoms with E-state index >= 15 is 0 Å². The number of rotatable bonds is 4. The van der Waals surface area contributed by atoms with Gasteiger partial charge < -0.3 is 15.2 Å². The summed E-state index contributed by atoms with van der Waals surface area (Å²) in [5.41, 5.74) is 6.64. The van der Waals surface area contributed by atoms with Gasteiger partial charge in [0.1, 0.15) is 0 Å². The average molecular weight is 206 g/mol. The Kier molecular flexibility index (Phi) is 3.95. The van der Waals surface area contributed by atoms with Crippen molar-refractivity contribution in [2.75, 3.05) is 14.2 Å². The molecule has 0 aliphatic heterocycles. The molecule has 0 saturated carbocycles. The first kappa shape index (κ1) is 11.3. The quantitative estimate of drug-likeness (QED) is 0.812. The summed E-state index contributed by atoms with van der Waals surface area (Å²) in [6, 6.07) is 7.14. The van der Waals surface area contributed by atoms with Crippen molar-refractivity contribution in [1.82, 2.24) is 0 Å². The van der Waals surface area contributed by atoms with Gasteiger partial charge in [0.2, 0.25) is 0 Å². The van der Waals surface area contributed by atoms with E-state index in [1.807, 2.05) is 18.2 Å². The second-order valence-electron chi connectivity index (χ2n) is 3.05. The molecule has 0 heterocycles. The van der Waals surface area contributed by atoms with Crippen molar-refractivity contribution in [2.45, 2.75) is 12.5 Å². The number of nitriles is 1. The van der Waals surface area contributed by atoms with Crippen molar-refractivity contribution in [3.8, 4) is 17.6 Å². The highest BCUT2D eigenvalue weighted by Crippen LogP contribution is 2.34. The van der Waals surface area contributed by atoms with Crippen molar-refractivity contribution in [2.24, 2.45) is 5.73 Å². The third kappa shape index (κ3) is 2.39. The minimum Gasteiger partial charge on any atom is -0.493 e. The molecular formula is C11H14N2O2. The van der Waals surface area contributed by atoms with Crippen molar-refractivity contribution in [3.05, 3.63) is 23.8 Å². The van der Waals surface area contributed by atoms with Gasteiger partial charge in [0.05, 0.1) is 26.7 Å². The number of nitrogens with zero attached hydrogens (tertiary/aromatic N) is 1. The lowest BCUT2D eigenvalue weighted by atomic mass is 10.0. The number of hydrogen-bond donors (Lipinski definition) is 1. The van der Waals surface area contributed by atoms with Crippen molar-refractivity contribution in [1.29, 1.82) is 5.26 Å². The lowest BCUT2D eigenvalue weighted by Crippen LogP contribution is -2.11. The fourth-order valence-electron chi connectivity index (χ4n) is 1.41. The topological polar surface area (TPSA) is 68.3 Å². The average Bonchev–Trinajstić information content (AvgIpc) is 2.28. The van der Waals surface area contributed by atoms with Crippen LogP contribution in [-0.2, 0) is 0 Å². The van der Waals surface area contributed by atoms with E-state index in [0.29, 0.717) is 11.5 Å². The van der Waals surface area contributed by atoms with Crippen molar-refractivity contribution < 1.29 is 9.47 Å². The second-order valence-corrected chi connectivity index (χ2v) is 3.05. The first-order valence-electron chi connectivity index (χ1n) is 4.58. The fraction of sp³-hybridized carbons (Fsp3) is 0.364. The van der Waals surface area contributed by atoms with Crippen LogP contribution < -0.4 is 15.2 Å². The van der Waals surface area contributed by atoms with Crippen LogP contribution in [0.4, 0.5) is 0 Å². The smallest absolute Gasteiger partial charge is 0.165 e. The summed E-state index contributed by atoms with van der Waals surface area (Å²) in [4.78, 5) is 0. The standard InChI is InChI=1S/C11H14N2O2/c1-14-10-5-3-4-8(11(10)15-2)9(13)6-7-12/h3-5,9H,6,13H2,1-2H3. The summed E-state index contributed by atoms with van der Waals surface area (Å²) in [5.74, 6) is 1.23. The molecule has 1 rings (SSSR count). The normalized spacial score (nSPS) is 11.6. The van der Waals surface area contributed by atoms with Crippen LogP contribution in [-0.4, -0.2) is 14.2 Å². The van der Waals surface area contributed by atoms with E-state index in [2.05, 4.69) is 0 Å². The van der Waals surface area contributed by atoms with Crippen LogP contribution in [0.3, 0.4) is 0 Å². The Balaban J connectivity index is 3.12. The maximum absolute atomic E-state index is 8.59. The number of benzene rings is 1. The zero-order valence-corrected chi connectivity index (χ0v) is 8.86. The van der Waals surface area contributed by atoms with Crippen molar-refractivity contribution in [3.63, 3.8) is 0 Å². The minimum absolute atomic E-state index is 0.253. The summed E-state index contributed by atoms with van der Waals surface area (Å²) in [6.45, 7) is 0. The Morgan fingerprint density at radius 1 is 1.40 bits per heavy atom. The second kappa shape index (κ2) is 5.23. The van der Waals surface area contributed by atoms with Gasteiger partial charge in [0.15, 0.2) is 11.5 Å². The van der Waals surface area contributed by atoms with Gasteiger partial charge in [0.25, 0.3) is 0 Å². The van der Waals surface area contributed by atoms with E-state index in [0.717, 1.165) is 5.56 Å². The highest BCUT2D eigenvalue weighted by Gasteiger charge is 2.15. The summed E-state index contributed by atoms with van der Waals surface area (Å²) >= 11 is 0. The van der Waals surface area contributed by atoms with Crippen LogP contribution in [0.25, 0.3) is 0 Å². The Morgan fingerprint density at radius 3 is 2.67 bits per heavy atom. The van der Waals surface area contributed by atoms with Gasteiger partial charge in [-0.05, 0) is 6.07 Å². The maximum Gasteiger partial charge on any atom is 0.165 e. The fourth-order valence-corrected chi connectivity index (χ4v) is 1.41. The molecule has 1 atom stereocenters. The molecule has 1 aromatic rings. The Labute approximate surface area is 89.2 Å². The minimum atomic E-state index is -0.347. The molecule has 80 valence electrons. The SMILES string of the molecule is COc1cccc(C(N)CC#N)c1OC. The lowest BCUT2D eigenvalue weighted by molar-refractivity contribution is 0.349. The lowest BCUT2D eigenvalue weighted by Gasteiger charge is -2.15.